The van der Waals surface area contributed by atoms with Crippen LogP contribution in [0, 0.1) is 0 Å². The maximum absolute atomic E-state index is 7.38. The van der Waals surface area contributed by atoms with Crippen molar-refractivity contribution in [1.82, 2.24) is 0 Å². The second kappa shape index (κ2) is 23.9. The third-order valence-electron chi connectivity index (χ3n) is 22.6. The molecular formula is C98H89BN2O2. The van der Waals surface area contributed by atoms with Crippen molar-refractivity contribution in [2.75, 3.05) is 9.80 Å². The van der Waals surface area contributed by atoms with Crippen molar-refractivity contribution in [2.45, 2.75) is 129 Å². The Bertz CT molecular complexity index is 5440. The maximum Gasteiger partial charge on any atom is 0.252 e. The fraction of sp³-hybridized carbons (Fsp3) is 0.204. The number of hydrogen-bond donors (Lipinski definition) is 0. The summed E-state index contributed by atoms with van der Waals surface area (Å²) in [4.78, 5) is 5.26. The Morgan fingerprint density at radius 1 is 0.272 bits per heavy atom. The van der Waals surface area contributed by atoms with Gasteiger partial charge in [0.25, 0.3) is 6.71 Å². The molecule has 0 radical (unpaired) electrons. The van der Waals surface area contributed by atoms with E-state index in [9.17, 15) is 0 Å². The first kappa shape index (κ1) is 65.4. The van der Waals surface area contributed by atoms with Crippen LogP contribution < -0.4 is 35.7 Å². The highest BCUT2D eigenvalue weighted by Gasteiger charge is 2.49. The third-order valence-corrected chi connectivity index (χ3v) is 22.6. The summed E-state index contributed by atoms with van der Waals surface area (Å²) in [5.41, 5.74) is 29.8. The molecule has 0 aromatic heterocycles. The molecule has 506 valence electrons. The van der Waals surface area contributed by atoms with Crippen LogP contribution in [0.15, 0.2) is 285 Å². The highest BCUT2D eigenvalue weighted by Crippen LogP contribution is 2.58. The van der Waals surface area contributed by atoms with E-state index in [0.29, 0.717) is 0 Å². The quantitative estimate of drug-likeness (QED) is 0.142. The fourth-order valence-electron chi connectivity index (χ4n) is 16.9. The van der Waals surface area contributed by atoms with Crippen molar-refractivity contribution in [3.63, 3.8) is 0 Å². The number of benzene rings is 13. The minimum absolute atomic E-state index is 0.115. The van der Waals surface area contributed by atoms with Gasteiger partial charge in [-0.1, -0.05) is 327 Å². The Labute approximate surface area is 610 Å². The summed E-state index contributed by atoms with van der Waals surface area (Å²) in [5.74, 6) is 3.40. The number of para-hydroxylation sites is 4. The maximum atomic E-state index is 7.38. The molecule has 4 aliphatic heterocycles. The van der Waals surface area contributed by atoms with Crippen LogP contribution >= 0.6 is 0 Å². The van der Waals surface area contributed by atoms with E-state index < -0.39 is 10.8 Å². The first-order valence-electron chi connectivity index (χ1n) is 36.8. The van der Waals surface area contributed by atoms with Crippen molar-refractivity contribution < 1.29 is 9.47 Å². The van der Waals surface area contributed by atoms with Crippen molar-refractivity contribution in [2.24, 2.45) is 0 Å². The monoisotopic (exact) mass is 1340 g/mol. The van der Waals surface area contributed by atoms with E-state index in [-0.39, 0.29) is 28.4 Å². The number of anilines is 6. The van der Waals surface area contributed by atoms with Gasteiger partial charge in [0.1, 0.15) is 23.0 Å². The van der Waals surface area contributed by atoms with Gasteiger partial charge in [0.15, 0.2) is 0 Å². The van der Waals surface area contributed by atoms with Crippen molar-refractivity contribution in [3.05, 3.63) is 341 Å². The van der Waals surface area contributed by atoms with Gasteiger partial charge in [-0.15, -0.1) is 0 Å². The van der Waals surface area contributed by atoms with Gasteiger partial charge in [-0.05, 0) is 153 Å². The largest absolute Gasteiger partial charge is 0.457 e. The summed E-state index contributed by atoms with van der Waals surface area (Å²) in [6.45, 7) is 32.6. The molecule has 4 aliphatic rings. The summed E-state index contributed by atoms with van der Waals surface area (Å²) >= 11 is 0. The van der Waals surface area contributed by atoms with E-state index in [1.807, 2.05) is 0 Å². The van der Waals surface area contributed by atoms with Crippen LogP contribution in [0.5, 0.6) is 23.0 Å². The number of rotatable bonds is 8. The first-order valence-corrected chi connectivity index (χ1v) is 36.8. The molecule has 0 bridgehead atoms. The van der Waals surface area contributed by atoms with Crippen LogP contribution in [0.3, 0.4) is 0 Å². The molecule has 0 spiro atoms. The minimum Gasteiger partial charge on any atom is -0.457 e. The lowest BCUT2D eigenvalue weighted by molar-refractivity contribution is 0.418. The van der Waals surface area contributed by atoms with Crippen LogP contribution in [-0.4, -0.2) is 6.71 Å². The normalized spacial score (nSPS) is 14.6. The van der Waals surface area contributed by atoms with E-state index >= 15 is 0 Å². The molecule has 0 aliphatic carbocycles. The molecule has 103 heavy (non-hydrogen) atoms. The molecule has 0 N–H and O–H groups in total. The highest BCUT2D eigenvalue weighted by atomic mass is 16.5. The predicted octanol–water partition coefficient (Wildman–Crippen LogP) is 24.5. The molecule has 0 fully saturated rings. The molecule has 17 rings (SSSR count). The molecule has 13 aromatic rings. The summed E-state index contributed by atoms with van der Waals surface area (Å²) in [7, 11) is 0. The molecule has 13 aromatic carbocycles. The summed E-state index contributed by atoms with van der Waals surface area (Å²) in [5, 5.41) is 0. The summed E-state index contributed by atoms with van der Waals surface area (Å²) in [6.07, 6.45) is 0. The zero-order valence-electron chi connectivity index (χ0n) is 61.9. The Kier molecular flexibility index (Phi) is 15.2. The van der Waals surface area contributed by atoms with Gasteiger partial charge < -0.3 is 19.3 Å². The van der Waals surface area contributed by atoms with Gasteiger partial charge in [-0.2, -0.15) is 0 Å². The lowest BCUT2D eigenvalue weighted by atomic mass is 9.33. The number of fused-ring (bicyclic) bond motifs is 8. The van der Waals surface area contributed by atoms with E-state index in [4.69, 9.17) is 9.47 Å². The molecule has 4 heterocycles. The van der Waals surface area contributed by atoms with E-state index in [0.717, 1.165) is 102 Å². The number of nitrogens with zero attached hydrogens (tertiary/aromatic N) is 2. The Morgan fingerprint density at radius 3 is 1.20 bits per heavy atom. The molecule has 0 saturated carbocycles. The zero-order valence-corrected chi connectivity index (χ0v) is 61.9. The van der Waals surface area contributed by atoms with Crippen molar-refractivity contribution in [1.29, 1.82) is 0 Å². The van der Waals surface area contributed by atoms with Gasteiger partial charge in [0, 0.05) is 67.6 Å². The Hall–Kier alpha value is -10.9. The second-order valence-corrected chi connectivity index (χ2v) is 33.7. The zero-order chi connectivity index (χ0) is 71.3. The predicted molar refractivity (Wildman–Crippen MR) is 434 cm³/mol. The SMILES string of the molecule is CC(C)(C)c1cc(-c2ccccc2N2c3ccc(-c4ccccc4)cc3B3c4cc5c(cc4N(c4ccccc4-c4cc(C(C)(C)C)cc(C(C)(C)C)c4)c4cc(-c6ccc7c(c6)Oc6ccccc6C7(c6ccccc6)c6ccccc6)cc2c43)Oc2ccccc2C5(C)C)cc(C(C)(C)C)c1. The van der Waals surface area contributed by atoms with Crippen LogP contribution in [0.1, 0.15) is 153 Å². The summed E-state index contributed by atoms with van der Waals surface area (Å²) in [6, 6.07) is 108. The second-order valence-electron chi connectivity index (χ2n) is 33.7. The smallest absolute Gasteiger partial charge is 0.252 e. The topological polar surface area (TPSA) is 24.9 Å². The molecule has 0 amide bonds. The molecule has 0 atom stereocenters. The van der Waals surface area contributed by atoms with Gasteiger partial charge in [0.05, 0.1) is 16.8 Å². The average molecular weight is 1340 g/mol. The van der Waals surface area contributed by atoms with Gasteiger partial charge in [-0.3, -0.25) is 0 Å². The Morgan fingerprint density at radius 2 is 0.680 bits per heavy atom. The Balaban J connectivity index is 1.01. The van der Waals surface area contributed by atoms with Gasteiger partial charge in [-0.25, -0.2) is 0 Å². The highest BCUT2D eigenvalue weighted by molar-refractivity contribution is 7.00. The van der Waals surface area contributed by atoms with Crippen LogP contribution in [0.2, 0.25) is 0 Å². The van der Waals surface area contributed by atoms with E-state index in [2.05, 4.69) is 392 Å². The molecule has 5 heteroatoms. The van der Waals surface area contributed by atoms with Gasteiger partial charge >= 0.3 is 0 Å². The van der Waals surface area contributed by atoms with E-state index in [1.54, 1.807) is 0 Å². The standard InChI is InChI=1S/C98H89BN2O2/c1-93(2,3)70-50-66(51-71(58-70)94(4,5)6)74-38-24-28-42-82(74)100-84-49-47-63(62-32-18-15-19-33-62)54-80(84)99-81-60-79-91(102-88-44-30-26-40-76(88)97(79,13)14)61-85(81)101(83-43-29-25-39-75(83)67-52-72(95(7,8)9)59-73(53-67)96(10,11)12)87-56-65(55-86(100)92(87)99)64-46-48-78-90(57-64)103-89-45-31-27-41-77(89)98(78,68-34-20-16-21-35-68)69-36-22-17-23-37-69/h15-61H,1-14H3. The lowest BCUT2D eigenvalue weighted by Crippen LogP contribution is -2.61. The van der Waals surface area contributed by atoms with E-state index in [1.165, 1.54) is 72.0 Å². The molecular weight excluding hydrogens is 1250 g/mol. The average Bonchev–Trinajstić information content (AvgIpc) is 0.690. The first-order chi connectivity index (χ1) is 49.3. The van der Waals surface area contributed by atoms with Crippen LogP contribution in [-0.2, 0) is 32.5 Å². The minimum atomic E-state index is -0.697. The number of hydrogen-bond acceptors (Lipinski definition) is 4. The molecule has 0 unspecified atom stereocenters. The van der Waals surface area contributed by atoms with Crippen LogP contribution in [0.25, 0.3) is 44.5 Å². The van der Waals surface area contributed by atoms with Gasteiger partial charge in [0.2, 0.25) is 0 Å². The third kappa shape index (κ3) is 10.8. The van der Waals surface area contributed by atoms with Crippen LogP contribution in [0.4, 0.5) is 34.1 Å². The van der Waals surface area contributed by atoms with Crippen molar-refractivity contribution in [3.8, 4) is 67.5 Å². The molecule has 4 nitrogen and oxygen atoms in total. The lowest BCUT2D eigenvalue weighted by Gasteiger charge is -2.46. The fourth-order valence-corrected chi connectivity index (χ4v) is 16.9. The summed E-state index contributed by atoms with van der Waals surface area (Å²) < 4.78 is 14.7. The number of ether oxygens (including phenoxy) is 2. The molecule has 0 saturated heterocycles. The van der Waals surface area contributed by atoms with Crippen molar-refractivity contribution >= 4 is 57.2 Å².